The number of carboxylic acids is 1. The van der Waals surface area contributed by atoms with Gasteiger partial charge in [-0.25, -0.2) is 0 Å². The smallest absolute Gasteiger partial charge is 0.308 e. The molecule has 1 aliphatic carbocycles. The van der Waals surface area contributed by atoms with Crippen LogP contribution < -0.4 is 0 Å². The monoisotopic (exact) mass is 338 g/mol. The predicted molar refractivity (Wildman–Crippen MR) is 90.3 cm³/mol. The molecule has 0 aromatic heterocycles. The third kappa shape index (κ3) is 4.48. The van der Waals surface area contributed by atoms with Crippen molar-refractivity contribution in [2.24, 2.45) is 17.8 Å². The number of aliphatic carboxylic acids is 1. The van der Waals surface area contributed by atoms with Gasteiger partial charge in [-0.1, -0.05) is 20.8 Å². The van der Waals surface area contributed by atoms with Crippen molar-refractivity contribution in [3.05, 3.63) is 0 Å². The maximum atomic E-state index is 12.9. The zero-order valence-corrected chi connectivity index (χ0v) is 15.0. The van der Waals surface area contributed by atoms with E-state index >= 15 is 0 Å². The second kappa shape index (κ2) is 7.99. The lowest BCUT2D eigenvalue weighted by atomic mass is 9.94. The van der Waals surface area contributed by atoms with E-state index in [2.05, 4.69) is 0 Å². The fourth-order valence-corrected chi connectivity index (χ4v) is 3.28. The fraction of sp³-hybridized carbons (Fsp3) is 0.833. The Kier molecular flexibility index (Phi) is 6.24. The number of likely N-dealkylation sites (tertiary alicyclic amines) is 1. The average molecular weight is 338 g/mol. The lowest BCUT2D eigenvalue weighted by Gasteiger charge is -2.36. The SMILES string of the molecule is CCC(C)C(=O)N1CCCC(C(=O)N(CC(C)C(=O)O)C2CC2)C1. The molecular formula is C18H30N2O4. The molecule has 2 aliphatic rings. The highest BCUT2D eigenvalue weighted by atomic mass is 16.4. The van der Waals surface area contributed by atoms with Gasteiger partial charge in [0.15, 0.2) is 0 Å². The maximum Gasteiger partial charge on any atom is 0.308 e. The van der Waals surface area contributed by atoms with Crippen molar-refractivity contribution in [2.75, 3.05) is 19.6 Å². The summed E-state index contributed by atoms with van der Waals surface area (Å²) in [5, 5.41) is 9.14. The summed E-state index contributed by atoms with van der Waals surface area (Å²) in [6.45, 7) is 7.05. The minimum atomic E-state index is -0.870. The first kappa shape index (κ1) is 18.7. The minimum absolute atomic E-state index is 0.00887. The molecule has 3 atom stereocenters. The highest BCUT2D eigenvalue weighted by Crippen LogP contribution is 2.31. The number of rotatable bonds is 7. The quantitative estimate of drug-likeness (QED) is 0.770. The van der Waals surface area contributed by atoms with E-state index in [1.807, 2.05) is 18.7 Å². The van der Waals surface area contributed by atoms with Gasteiger partial charge < -0.3 is 14.9 Å². The van der Waals surface area contributed by atoms with E-state index in [9.17, 15) is 14.4 Å². The molecule has 2 rings (SSSR count). The number of hydrogen-bond acceptors (Lipinski definition) is 3. The molecule has 1 aliphatic heterocycles. The molecule has 1 saturated carbocycles. The second-order valence-corrected chi connectivity index (χ2v) is 7.39. The Balaban J connectivity index is 2.01. The third-order valence-corrected chi connectivity index (χ3v) is 5.28. The molecule has 1 heterocycles. The van der Waals surface area contributed by atoms with Crippen LogP contribution in [0.5, 0.6) is 0 Å². The van der Waals surface area contributed by atoms with Crippen molar-refractivity contribution in [3.8, 4) is 0 Å². The first-order valence-corrected chi connectivity index (χ1v) is 9.17. The summed E-state index contributed by atoms with van der Waals surface area (Å²) in [6.07, 6.45) is 4.35. The fourth-order valence-electron chi connectivity index (χ4n) is 3.28. The van der Waals surface area contributed by atoms with Crippen LogP contribution in [-0.4, -0.2) is 58.4 Å². The summed E-state index contributed by atoms with van der Waals surface area (Å²) in [4.78, 5) is 40.1. The van der Waals surface area contributed by atoms with Crippen LogP contribution in [0.25, 0.3) is 0 Å². The van der Waals surface area contributed by atoms with Crippen LogP contribution in [0.3, 0.4) is 0 Å². The van der Waals surface area contributed by atoms with Gasteiger partial charge in [-0.15, -0.1) is 0 Å². The molecule has 2 fully saturated rings. The molecule has 0 radical (unpaired) electrons. The van der Waals surface area contributed by atoms with Crippen molar-refractivity contribution in [1.82, 2.24) is 9.80 Å². The van der Waals surface area contributed by atoms with Crippen molar-refractivity contribution < 1.29 is 19.5 Å². The second-order valence-electron chi connectivity index (χ2n) is 7.39. The first-order valence-electron chi connectivity index (χ1n) is 9.17. The highest BCUT2D eigenvalue weighted by Gasteiger charge is 2.39. The molecule has 24 heavy (non-hydrogen) atoms. The normalized spacial score (nSPS) is 23.5. The van der Waals surface area contributed by atoms with Gasteiger partial charge in [0.25, 0.3) is 0 Å². The van der Waals surface area contributed by atoms with Gasteiger partial charge in [0.05, 0.1) is 11.8 Å². The van der Waals surface area contributed by atoms with E-state index < -0.39 is 11.9 Å². The van der Waals surface area contributed by atoms with Crippen LogP contribution in [0.4, 0.5) is 0 Å². The Morgan fingerprint density at radius 2 is 1.83 bits per heavy atom. The molecular weight excluding hydrogens is 308 g/mol. The number of piperidine rings is 1. The largest absolute Gasteiger partial charge is 0.481 e. The predicted octanol–water partition coefficient (Wildman–Crippen LogP) is 1.98. The maximum absolute atomic E-state index is 12.9. The van der Waals surface area contributed by atoms with Crippen LogP contribution >= 0.6 is 0 Å². The molecule has 1 N–H and O–H groups in total. The van der Waals surface area contributed by atoms with Crippen molar-refractivity contribution in [2.45, 2.75) is 58.9 Å². The zero-order chi connectivity index (χ0) is 17.9. The Morgan fingerprint density at radius 1 is 1.17 bits per heavy atom. The molecule has 0 aromatic carbocycles. The average Bonchev–Trinajstić information content (AvgIpc) is 3.42. The van der Waals surface area contributed by atoms with Gasteiger partial charge >= 0.3 is 5.97 Å². The number of carbonyl (C=O) groups excluding carboxylic acids is 2. The van der Waals surface area contributed by atoms with Crippen LogP contribution in [0, 0.1) is 17.8 Å². The topological polar surface area (TPSA) is 77.9 Å². The van der Waals surface area contributed by atoms with E-state index in [0.29, 0.717) is 6.54 Å². The lowest BCUT2D eigenvalue weighted by molar-refractivity contribution is -0.145. The first-order chi connectivity index (χ1) is 11.3. The molecule has 136 valence electrons. The molecule has 3 unspecified atom stereocenters. The molecule has 1 saturated heterocycles. The summed E-state index contributed by atoms with van der Waals surface area (Å²) in [5.74, 6) is -1.46. The third-order valence-electron chi connectivity index (χ3n) is 5.28. The van der Waals surface area contributed by atoms with Crippen LogP contribution in [0.1, 0.15) is 52.9 Å². The van der Waals surface area contributed by atoms with Gasteiger partial charge in [-0.05, 0) is 32.1 Å². The van der Waals surface area contributed by atoms with Crippen LogP contribution in [0.15, 0.2) is 0 Å². The molecule has 6 nitrogen and oxygen atoms in total. The summed E-state index contributed by atoms with van der Waals surface area (Å²) in [7, 11) is 0. The Morgan fingerprint density at radius 3 is 2.38 bits per heavy atom. The number of hydrogen-bond donors (Lipinski definition) is 1. The molecule has 2 amide bonds. The summed E-state index contributed by atoms with van der Waals surface area (Å²) in [6, 6.07) is 0.194. The summed E-state index contributed by atoms with van der Waals surface area (Å²) >= 11 is 0. The summed E-state index contributed by atoms with van der Waals surface area (Å²) in [5.41, 5.74) is 0. The van der Waals surface area contributed by atoms with E-state index in [1.165, 1.54) is 0 Å². The molecule has 0 aromatic rings. The van der Waals surface area contributed by atoms with E-state index in [4.69, 9.17) is 5.11 Å². The molecule has 6 heteroatoms. The standard InChI is InChI=1S/C18H30N2O4/c1-4-12(2)16(21)19-9-5-6-14(11-19)17(22)20(15-7-8-15)10-13(3)18(23)24/h12-15H,4-11H2,1-3H3,(H,23,24). The van der Waals surface area contributed by atoms with Gasteiger partial charge in [0.1, 0.15) is 0 Å². The Labute approximate surface area is 144 Å². The number of carboxylic acid groups (broad SMARTS) is 1. The minimum Gasteiger partial charge on any atom is -0.481 e. The van der Waals surface area contributed by atoms with Gasteiger partial charge in [0, 0.05) is 31.6 Å². The van der Waals surface area contributed by atoms with E-state index in [-0.39, 0.29) is 36.2 Å². The van der Waals surface area contributed by atoms with Gasteiger partial charge in [-0.3, -0.25) is 14.4 Å². The Bertz CT molecular complexity index is 489. The van der Waals surface area contributed by atoms with Gasteiger partial charge in [-0.2, -0.15) is 0 Å². The highest BCUT2D eigenvalue weighted by molar-refractivity contribution is 5.83. The molecule has 0 spiro atoms. The lowest BCUT2D eigenvalue weighted by Crippen LogP contribution is -2.49. The van der Waals surface area contributed by atoms with Crippen molar-refractivity contribution >= 4 is 17.8 Å². The number of amides is 2. The Hall–Kier alpha value is -1.59. The number of nitrogens with zero attached hydrogens (tertiary/aromatic N) is 2. The van der Waals surface area contributed by atoms with Crippen LogP contribution in [0.2, 0.25) is 0 Å². The van der Waals surface area contributed by atoms with Crippen molar-refractivity contribution in [3.63, 3.8) is 0 Å². The number of carbonyl (C=O) groups is 3. The summed E-state index contributed by atoms with van der Waals surface area (Å²) < 4.78 is 0. The van der Waals surface area contributed by atoms with Crippen molar-refractivity contribution in [1.29, 1.82) is 0 Å². The van der Waals surface area contributed by atoms with E-state index in [1.54, 1.807) is 11.8 Å². The van der Waals surface area contributed by atoms with Crippen LogP contribution in [-0.2, 0) is 14.4 Å². The van der Waals surface area contributed by atoms with Gasteiger partial charge in [0.2, 0.25) is 11.8 Å². The molecule has 0 bridgehead atoms. The van der Waals surface area contributed by atoms with E-state index in [0.717, 1.165) is 38.6 Å². The zero-order valence-electron chi connectivity index (χ0n) is 15.0.